The maximum Gasteiger partial charge on any atom is 0.227 e. The third kappa shape index (κ3) is 4.93. The van der Waals surface area contributed by atoms with Gasteiger partial charge in [-0.05, 0) is 61.3 Å². The molecule has 160 valence electrons. The molecule has 2 heterocycles. The summed E-state index contributed by atoms with van der Waals surface area (Å²) < 4.78 is 18.4. The van der Waals surface area contributed by atoms with E-state index in [1.165, 1.54) is 17.8 Å². The van der Waals surface area contributed by atoms with E-state index in [1.54, 1.807) is 7.11 Å². The van der Waals surface area contributed by atoms with Crippen molar-refractivity contribution in [1.82, 2.24) is 9.80 Å². The maximum atomic E-state index is 13.1. The normalized spacial score (nSPS) is 20.3. The maximum absolute atomic E-state index is 13.1. The van der Waals surface area contributed by atoms with Gasteiger partial charge in [0.1, 0.15) is 11.6 Å². The Balaban J connectivity index is 1.29. The highest BCUT2D eigenvalue weighted by atomic mass is 19.1. The van der Waals surface area contributed by atoms with Gasteiger partial charge in [-0.3, -0.25) is 9.69 Å². The van der Waals surface area contributed by atoms with Crippen molar-refractivity contribution in [2.75, 3.05) is 51.3 Å². The third-order valence-corrected chi connectivity index (χ3v) is 6.20. The van der Waals surface area contributed by atoms with E-state index in [0.717, 1.165) is 70.0 Å². The Morgan fingerprint density at radius 2 is 1.70 bits per heavy atom. The average molecular weight is 412 g/mol. The van der Waals surface area contributed by atoms with E-state index in [1.807, 2.05) is 29.2 Å². The number of ether oxygens (including phenoxy) is 1. The molecule has 0 unspecified atom stereocenters. The van der Waals surface area contributed by atoms with Gasteiger partial charge in [-0.15, -0.1) is 0 Å². The number of amides is 1. The summed E-state index contributed by atoms with van der Waals surface area (Å²) in [6.07, 6.45) is 1.99. The molecule has 30 heavy (non-hydrogen) atoms. The number of nitrogens with zero attached hydrogens (tertiary/aromatic N) is 3. The highest BCUT2D eigenvalue weighted by Gasteiger charge is 2.31. The molecule has 0 radical (unpaired) electrons. The summed E-state index contributed by atoms with van der Waals surface area (Å²) in [7, 11) is 1.67. The van der Waals surface area contributed by atoms with Gasteiger partial charge in [0, 0.05) is 45.0 Å². The highest BCUT2D eigenvalue weighted by Crippen LogP contribution is 2.24. The van der Waals surface area contributed by atoms with E-state index >= 15 is 0 Å². The van der Waals surface area contributed by atoms with E-state index in [2.05, 4.69) is 21.9 Å². The van der Waals surface area contributed by atoms with Gasteiger partial charge in [0.15, 0.2) is 0 Å². The minimum atomic E-state index is -0.209. The number of piperazine rings is 1. The van der Waals surface area contributed by atoms with E-state index in [0.29, 0.717) is 0 Å². The molecule has 0 saturated carbocycles. The standard InChI is InChI=1S/C24H30FN3O2/c1-30-23-10-8-22(9-11-23)27-13-15-28(16-14-27)24(29)20-3-2-12-26(18-20)17-19-4-6-21(25)7-5-19/h4-11,20H,2-3,12-18H2,1H3/t20-/m1/s1. The summed E-state index contributed by atoms with van der Waals surface area (Å²) >= 11 is 0. The molecule has 0 bridgehead atoms. The number of benzene rings is 2. The van der Waals surface area contributed by atoms with Crippen LogP contribution in [0.3, 0.4) is 0 Å². The summed E-state index contributed by atoms with van der Waals surface area (Å²) in [5.41, 5.74) is 2.27. The van der Waals surface area contributed by atoms with Crippen LogP contribution in [0.4, 0.5) is 10.1 Å². The molecule has 0 aliphatic carbocycles. The molecule has 0 spiro atoms. The number of hydrogen-bond donors (Lipinski definition) is 0. The number of methoxy groups -OCH3 is 1. The van der Waals surface area contributed by atoms with Crippen LogP contribution in [0.25, 0.3) is 0 Å². The Morgan fingerprint density at radius 3 is 2.37 bits per heavy atom. The molecule has 1 atom stereocenters. The van der Waals surface area contributed by atoms with Crippen LogP contribution in [0, 0.1) is 11.7 Å². The first-order chi connectivity index (χ1) is 14.6. The van der Waals surface area contributed by atoms with Gasteiger partial charge in [0.2, 0.25) is 5.91 Å². The molecule has 1 amide bonds. The summed E-state index contributed by atoms with van der Waals surface area (Å²) in [5.74, 6) is 0.995. The largest absolute Gasteiger partial charge is 0.497 e. The minimum Gasteiger partial charge on any atom is -0.497 e. The number of likely N-dealkylation sites (tertiary alicyclic amines) is 1. The number of piperidine rings is 1. The summed E-state index contributed by atoms with van der Waals surface area (Å²) in [4.78, 5) is 19.8. The quantitative estimate of drug-likeness (QED) is 0.756. The van der Waals surface area contributed by atoms with Crippen LogP contribution in [0.15, 0.2) is 48.5 Å². The van der Waals surface area contributed by atoms with Crippen LogP contribution in [0.1, 0.15) is 18.4 Å². The van der Waals surface area contributed by atoms with Crippen LogP contribution >= 0.6 is 0 Å². The molecule has 2 saturated heterocycles. The second-order valence-electron chi connectivity index (χ2n) is 8.21. The fraction of sp³-hybridized carbons (Fsp3) is 0.458. The third-order valence-electron chi connectivity index (χ3n) is 6.20. The summed E-state index contributed by atoms with van der Waals surface area (Å²) in [6, 6.07) is 14.8. The van der Waals surface area contributed by atoms with Gasteiger partial charge in [0.05, 0.1) is 13.0 Å². The number of hydrogen-bond acceptors (Lipinski definition) is 4. The zero-order valence-electron chi connectivity index (χ0n) is 17.6. The molecule has 2 aromatic rings. The van der Waals surface area contributed by atoms with Crippen molar-refractivity contribution in [2.45, 2.75) is 19.4 Å². The fourth-order valence-corrected chi connectivity index (χ4v) is 4.49. The van der Waals surface area contributed by atoms with E-state index < -0.39 is 0 Å². The lowest BCUT2D eigenvalue weighted by Crippen LogP contribution is -2.52. The molecule has 5 nitrogen and oxygen atoms in total. The lowest BCUT2D eigenvalue weighted by molar-refractivity contribution is -0.137. The Bertz CT molecular complexity index is 833. The zero-order valence-corrected chi connectivity index (χ0v) is 17.6. The lowest BCUT2D eigenvalue weighted by Gasteiger charge is -2.39. The number of halogens is 1. The van der Waals surface area contributed by atoms with Crippen LogP contribution in [-0.2, 0) is 11.3 Å². The molecule has 2 aliphatic rings. The smallest absolute Gasteiger partial charge is 0.227 e. The van der Waals surface area contributed by atoms with Gasteiger partial charge >= 0.3 is 0 Å². The molecule has 0 aromatic heterocycles. The highest BCUT2D eigenvalue weighted by molar-refractivity contribution is 5.79. The minimum absolute atomic E-state index is 0.0618. The molecule has 0 N–H and O–H groups in total. The molecule has 2 aliphatic heterocycles. The SMILES string of the molecule is COc1ccc(N2CCN(C(=O)[C@@H]3CCCN(Cc4ccc(F)cc4)C3)CC2)cc1. The number of anilines is 1. The van der Waals surface area contributed by atoms with E-state index in [-0.39, 0.29) is 17.6 Å². The van der Waals surface area contributed by atoms with Crippen molar-refractivity contribution in [3.63, 3.8) is 0 Å². The van der Waals surface area contributed by atoms with E-state index in [4.69, 9.17) is 4.74 Å². The number of carbonyl (C=O) groups excluding carboxylic acids is 1. The van der Waals surface area contributed by atoms with Crippen molar-refractivity contribution >= 4 is 11.6 Å². The first-order valence-corrected chi connectivity index (χ1v) is 10.8. The summed E-state index contributed by atoms with van der Waals surface area (Å²) in [6.45, 7) is 5.78. The molecule has 2 aromatic carbocycles. The predicted molar refractivity (Wildman–Crippen MR) is 116 cm³/mol. The molecule has 4 rings (SSSR count). The zero-order chi connectivity index (χ0) is 20.9. The van der Waals surface area contributed by atoms with Crippen LogP contribution < -0.4 is 9.64 Å². The Labute approximate surface area is 178 Å². The Kier molecular flexibility index (Phi) is 6.53. The predicted octanol–water partition coefficient (Wildman–Crippen LogP) is 3.40. The summed E-state index contributed by atoms with van der Waals surface area (Å²) in [5, 5.41) is 0. The average Bonchev–Trinajstić information content (AvgIpc) is 2.80. The monoisotopic (exact) mass is 411 g/mol. The molecule has 6 heteroatoms. The molecular weight excluding hydrogens is 381 g/mol. The molecule has 2 fully saturated rings. The van der Waals surface area contributed by atoms with E-state index in [9.17, 15) is 9.18 Å². The fourth-order valence-electron chi connectivity index (χ4n) is 4.49. The van der Waals surface area contributed by atoms with Gasteiger partial charge in [-0.1, -0.05) is 12.1 Å². The van der Waals surface area contributed by atoms with Crippen molar-refractivity contribution < 1.29 is 13.9 Å². The first kappa shape index (κ1) is 20.7. The first-order valence-electron chi connectivity index (χ1n) is 10.8. The van der Waals surface area contributed by atoms with Crippen molar-refractivity contribution in [3.8, 4) is 5.75 Å². The van der Waals surface area contributed by atoms with Crippen molar-refractivity contribution in [2.24, 2.45) is 5.92 Å². The van der Waals surface area contributed by atoms with Gasteiger partial charge in [0.25, 0.3) is 0 Å². The lowest BCUT2D eigenvalue weighted by atomic mass is 9.95. The second kappa shape index (κ2) is 9.47. The van der Waals surface area contributed by atoms with Crippen molar-refractivity contribution in [3.05, 3.63) is 59.9 Å². The number of carbonyl (C=O) groups is 1. The van der Waals surface area contributed by atoms with Crippen LogP contribution in [0.2, 0.25) is 0 Å². The topological polar surface area (TPSA) is 36.0 Å². The van der Waals surface area contributed by atoms with Crippen molar-refractivity contribution in [1.29, 1.82) is 0 Å². The van der Waals surface area contributed by atoms with Gasteiger partial charge in [-0.25, -0.2) is 4.39 Å². The molecular formula is C24H30FN3O2. The Hall–Kier alpha value is -2.60. The van der Waals surface area contributed by atoms with Gasteiger partial charge in [-0.2, -0.15) is 0 Å². The van der Waals surface area contributed by atoms with Crippen LogP contribution in [0.5, 0.6) is 5.75 Å². The Morgan fingerprint density at radius 1 is 1.00 bits per heavy atom. The van der Waals surface area contributed by atoms with Gasteiger partial charge < -0.3 is 14.5 Å². The number of rotatable bonds is 5. The van der Waals surface area contributed by atoms with Crippen LogP contribution in [-0.4, -0.2) is 62.1 Å². The second-order valence-corrected chi connectivity index (χ2v) is 8.21.